The number of rotatable bonds is 3. The molecule has 32 heavy (non-hydrogen) atoms. The summed E-state index contributed by atoms with van der Waals surface area (Å²) in [6.07, 6.45) is -4.83. The van der Waals surface area contributed by atoms with Crippen molar-refractivity contribution in [3.8, 4) is 23.0 Å². The first-order valence-corrected chi connectivity index (χ1v) is 10.1. The van der Waals surface area contributed by atoms with Crippen molar-refractivity contribution in [3.05, 3.63) is 77.4 Å². The molecule has 0 aliphatic carbocycles. The van der Waals surface area contributed by atoms with Gasteiger partial charge in [-0.15, -0.1) is 0 Å². The molecule has 0 saturated heterocycles. The van der Waals surface area contributed by atoms with E-state index in [1.807, 2.05) is 0 Å². The second-order valence-electron chi connectivity index (χ2n) is 6.56. The highest BCUT2D eigenvalue weighted by atomic mass is 32.2. The van der Waals surface area contributed by atoms with E-state index >= 15 is 0 Å². The standard InChI is InChI=1S/C14H11F3O4S.C7H8O2.H2O/c1-9-6-10(18)8-11(7-9)21-22(19,20)13-5-3-2-4-12(13)14(15,16)17;1-5-2-6(8)4-7(9)3-5;/h2-8,18H,1H3;2-4,8-9H,1H3;1H2. The fourth-order valence-corrected chi connectivity index (χ4v) is 3.75. The summed E-state index contributed by atoms with van der Waals surface area (Å²) in [5, 5.41) is 27.1. The van der Waals surface area contributed by atoms with Gasteiger partial charge < -0.3 is 25.0 Å². The summed E-state index contributed by atoms with van der Waals surface area (Å²) >= 11 is 0. The van der Waals surface area contributed by atoms with Crippen molar-refractivity contribution in [3.63, 3.8) is 0 Å². The molecule has 0 unspecified atom stereocenters. The zero-order valence-electron chi connectivity index (χ0n) is 16.9. The van der Waals surface area contributed by atoms with Gasteiger partial charge in [-0.1, -0.05) is 12.1 Å². The molecule has 0 heterocycles. The Hall–Kier alpha value is -3.44. The van der Waals surface area contributed by atoms with Gasteiger partial charge in [0.25, 0.3) is 0 Å². The molecule has 5 N–H and O–H groups in total. The minimum absolute atomic E-state index is 0. The van der Waals surface area contributed by atoms with E-state index in [0.717, 1.165) is 23.8 Å². The molecule has 174 valence electrons. The summed E-state index contributed by atoms with van der Waals surface area (Å²) < 4.78 is 67.5. The van der Waals surface area contributed by atoms with Crippen LogP contribution in [-0.2, 0) is 16.3 Å². The van der Waals surface area contributed by atoms with Crippen LogP contribution in [0.3, 0.4) is 0 Å². The van der Waals surface area contributed by atoms with E-state index in [1.165, 1.54) is 24.3 Å². The average molecular weight is 474 g/mol. The van der Waals surface area contributed by atoms with E-state index in [4.69, 9.17) is 14.4 Å². The molecule has 0 aromatic heterocycles. The first-order valence-electron chi connectivity index (χ1n) is 8.69. The van der Waals surface area contributed by atoms with Crippen molar-refractivity contribution in [2.45, 2.75) is 24.9 Å². The van der Waals surface area contributed by atoms with E-state index in [1.54, 1.807) is 26.0 Å². The molecule has 0 aliphatic rings. The molecule has 0 bridgehead atoms. The summed E-state index contributed by atoms with van der Waals surface area (Å²) in [6.45, 7) is 3.38. The number of phenols is 3. The molecule has 3 aromatic carbocycles. The molecular formula is C21H21F3O7S. The summed E-state index contributed by atoms with van der Waals surface area (Å²) in [4.78, 5) is -0.983. The first kappa shape index (κ1) is 26.6. The van der Waals surface area contributed by atoms with E-state index < -0.39 is 26.8 Å². The molecule has 3 rings (SSSR count). The van der Waals surface area contributed by atoms with Crippen LogP contribution in [0.25, 0.3) is 0 Å². The molecule has 0 spiro atoms. The zero-order chi connectivity index (χ0) is 23.4. The van der Waals surface area contributed by atoms with Crippen LogP contribution in [0.1, 0.15) is 16.7 Å². The summed E-state index contributed by atoms with van der Waals surface area (Å²) in [5.41, 5.74) is 0.0358. The SMILES string of the molecule is Cc1cc(O)cc(O)c1.Cc1cc(O)cc(OS(=O)(=O)c2ccccc2C(F)(F)F)c1.O. The maximum Gasteiger partial charge on any atom is 0.417 e. The van der Waals surface area contributed by atoms with Crippen molar-refractivity contribution in [1.82, 2.24) is 0 Å². The highest BCUT2D eigenvalue weighted by molar-refractivity contribution is 7.87. The maximum absolute atomic E-state index is 12.9. The number of aryl methyl sites for hydroxylation is 2. The molecule has 0 radical (unpaired) electrons. The Labute approximate surface area is 182 Å². The lowest BCUT2D eigenvalue weighted by atomic mass is 10.2. The largest absolute Gasteiger partial charge is 0.508 e. The normalized spacial score (nSPS) is 11.0. The molecule has 0 aliphatic heterocycles. The lowest BCUT2D eigenvalue weighted by molar-refractivity contribution is -0.139. The predicted molar refractivity (Wildman–Crippen MR) is 110 cm³/mol. The van der Waals surface area contributed by atoms with Crippen molar-refractivity contribution in [2.24, 2.45) is 0 Å². The molecule has 11 heteroatoms. The van der Waals surface area contributed by atoms with Gasteiger partial charge in [0.15, 0.2) is 0 Å². The molecule has 3 aromatic rings. The van der Waals surface area contributed by atoms with Crippen LogP contribution >= 0.6 is 0 Å². The third-order valence-corrected chi connectivity index (χ3v) is 5.06. The number of phenolic OH excluding ortho intramolecular Hbond substituents is 3. The Morgan fingerprint density at radius 1 is 0.781 bits per heavy atom. The quantitative estimate of drug-likeness (QED) is 0.490. The van der Waals surface area contributed by atoms with Crippen molar-refractivity contribution < 1.29 is 46.6 Å². The zero-order valence-corrected chi connectivity index (χ0v) is 17.7. The molecule has 0 amide bonds. The highest BCUT2D eigenvalue weighted by Gasteiger charge is 2.37. The summed E-state index contributed by atoms with van der Waals surface area (Å²) in [5.74, 6) is -0.316. The smallest absolute Gasteiger partial charge is 0.417 e. The average Bonchev–Trinajstić information content (AvgIpc) is 2.59. The van der Waals surface area contributed by atoms with Crippen LogP contribution in [0.15, 0.2) is 65.6 Å². The van der Waals surface area contributed by atoms with Gasteiger partial charge in [-0.3, -0.25) is 0 Å². The Morgan fingerprint density at radius 3 is 1.72 bits per heavy atom. The monoisotopic (exact) mass is 474 g/mol. The maximum atomic E-state index is 12.9. The Balaban J connectivity index is 0.000000431. The number of hydrogen-bond acceptors (Lipinski definition) is 6. The lowest BCUT2D eigenvalue weighted by Crippen LogP contribution is -2.17. The number of aromatic hydroxyl groups is 3. The number of benzene rings is 3. The fourth-order valence-electron chi connectivity index (χ4n) is 2.61. The summed E-state index contributed by atoms with van der Waals surface area (Å²) in [6, 6.07) is 11.8. The van der Waals surface area contributed by atoms with Gasteiger partial charge in [0.2, 0.25) is 0 Å². The van der Waals surface area contributed by atoms with Gasteiger partial charge in [0, 0.05) is 12.1 Å². The van der Waals surface area contributed by atoms with E-state index in [0.29, 0.717) is 11.6 Å². The van der Waals surface area contributed by atoms with Crippen LogP contribution < -0.4 is 4.18 Å². The second kappa shape index (κ2) is 10.2. The first-order chi connectivity index (χ1) is 14.3. The van der Waals surface area contributed by atoms with Crippen molar-refractivity contribution in [2.75, 3.05) is 0 Å². The van der Waals surface area contributed by atoms with Crippen LogP contribution in [0.4, 0.5) is 13.2 Å². The van der Waals surface area contributed by atoms with Gasteiger partial charge in [0.1, 0.15) is 27.9 Å². The van der Waals surface area contributed by atoms with E-state index in [2.05, 4.69) is 0 Å². The summed E-state index contributed by atoms with van der Waals surface area (Å²) in [7, 11) is -4.69. The molecular weight excluding hydrogens is 453 g/mol. The molecule has 0 saturated carbocycles. The number of hydrogen-bond donors (Lipinski definition) is 3. The van der Waals surface area contributed by atoms with Gasteiger partial charge >= 0.3 is 16.3 Å². The van der Waals surface area contributed by atoms with E-state index in [9.17, 15) is 26.7 Å². The van der Waals surface area contributed by atoms with Crippen molar-refractivity contribution in [1.29, 1.82) is 0 Å². The minimum atomic E-state index is -4.83. The highest BCUT2D eigenvalue weighted by Crippen LogP contribution is 2.35. The van der Waals surface area contributed by atoms with Crippen molar-refractivity contribution >= 4 is 10.1 Å². The van der Waals surface area contributed by atoms with Crippen LogP contribution in [0.5, 0.6) is 23.0 Å². The molecule has 0 atom stereocenters. The predicted octanol–water partition coefficient (Wildman–Crippen LogP) is 4.07. The number of alkyl halides is 3. The van der Waals surface area contributed by atoms with Crippen LogP contribution in [0, 0.1) is 13.8 Å². The van der Waals surface area contributed by atoms with Crippen LogP contribution in [-0.4, -0.2) is 29.2 Å². The fraction of sp³-hybridized carbons (Fsp3) is 0.143. The van der Waals surface area contributed by atoms with Gasteiger partial charge in [0.05, 0.1) is 5.56 Å². The molecule has 0 fully saturated rings. The third-order valence-electron chi connectivity index (χ3n) is 3.75. The lowest BCUT2D eigenvalue weighted by Gasteiger charge is -2.13. The third kappa shape index (κ3) is 7.36. The Kier molecular flexibility index (Phi) is 8.52. The Bertz CT molecular complexity index is 1110. The van der Waals surface area contributed by atoms with Gasteiger partial charge in [-0.2, -0.15) is 21.6 Å². The second-order valence-corrected chi connectivity index (χ2v) is 8.08. The van der Waals surface area contributed by atoms with E-state index in [-0.39, 0.29) is 28.5 Å². The number of halogens is 3. The van der Waals surface area contributed by atoms with Gasteiger partial charge in [-0.25, -0.2) is 0 Å². The van der Waals surface area contributed by atoms with Crippen LogP contribution in [0.2, 0.25) is 0 Å². The molecule has 7 nitrogen and oxygen atoms in total. The minimum Gasteiger partial charge on any atom is -0.508 e. The van der Waals surface area contributed by atoms with Gasteiger partial charge in [-0.05, 0) is 61.4 Å². The Morgan fingerprint density at radius 2 is 1.25 bits per heavy atom. The topological polar surface area (TPSA) is 136 Å².